The first-order valence-corrected chi connectivity index (χ1v) is 8.20. The summed E-state index contributed by atoms with van der Waals surface area (Å²) in [7, 11) is 1.95. The van der Waals surface area contributed by atoms with Gasteiger partial charge in [0.05, 0.1) is 17.8 Å². The zero-order valence-electron chi connectivity index (χ0n) is 14.1. The number of unbranched alkanes of at least 4 members (excludes halogenated alkanes) is 1. The van der Waals surface area contributed by atoms with Crippen molar-refractivity contribution in [2.24, 2.45) is 0 Å². The van der Waals surface area contributed by atoms with Gasteiger partial charge in [0.1, 0.15) is 5.82 Å². The number of imidazole rings is 1. The summed E-state index contributed by atoms with van der Waals surface area (Å²) in [6.07, 6.45) is 3.94. The van der Waals surface area contributed by atoms with E-state index < -0.39 is 0 Å². The Morgan fingerprint density at radius 1 is 1.26 bits per heavy atom. The molecule has 1 aromatic carbocycles. The molecule has 23 heavy (non-hydrogen) atoms. The molecule has 1 aromatic heterocycles. The molecule has 1 aliphatic rings. The van der Waals surface area contributed by atoms with Crippen molar-refractivity contribution in [1.82, 2.24) is 19.8 Å². The predicted molar refractivity (Wildman–Crippen MR) is 90.9 cm³/mol. The molecule has 0 aliphatic carbocycles. The molecule has 1 amide bonds. The molecule has 5 nitrogen and oxygen atoms in total. The van der Waals surface area contributed by atoms with Gasteiger partial charge >= 0.3 is 0 Å². The molecule has 0 bridgehead atoms. The van der Waals surface area contributed by atoms with Crippen molar-refractivity contribution in [3.05, 3.63) is 47.0 Å². The molecule has 0 saturated heterocycles. The van der Waals surface area contributed by atoms with Crippen LogP contribution in [0.25, 0.3) is 5.69 Å². The molecule has 0 saturated carbocycles. The maximum absolute atomic E-state index is 13.0. The number of fused-ring (bicyclic) bond motifs is 3. The number of benzene rings is 1. The molecule has 2 aromatic rings. The number of nitrogens with zero attached hydrogens (tertiary/aromatic N) is 3. The van der Waals surface area contributed by atoms with Crippen LogP contribution in [0.15, 0.2) is 24.4 Å². The molecular weight excluding hydrogens is 288 g/mol. The van der Waals surface area contributed by atoms with Gasteiger partial charge in [0.15, 0.2) is 0 Å². The Morgan fingerprint density at radius 3 is 2.87 bits per heavy atom. The molecule has 122 valence electrons. The Hall–Kier alpha value is -2.14. The summed E-state index contributed by atoms with van der Waals surface area (Å²) in [5.74, 6) is 1.05. The van der Waals surface area contributed by atoms with E-state index in [1.165, 1.54) is 0 Å². The highest BCUT2D eigenvalue weighted by molar-refractivity contribution is 5.98. The van der Waals surface area contributed by atoms with Gasteiger partial charge in [-0.2, -0.15) is 0 Å². The van der Waals surface area contributed by atoms with Crippen LogP contribution in [-0.4, -0.2) is 40.5 Å². The van der Waals surface area contributed by atoms with Gasteiger partial charge in [-0.05, 0) is 52.4 Å². The lowest BCUT2D eigenvalue weighted by Crippen LogP contribution is -2.31. The zero-order chi connectivity index (χ0) is 16.4. The van der Waals surface area contributed by atoms with Crippen molar-refractivity contribution in [1.29, 1.82) is 0 Å². The number of carbonyl (C=O) groups excluding carboxylic acids is 1. The molecule has 0 atom stereocenters. The van der Waals surface area contributed by atoms with Gasteiger partial charge in [-0.25, -0.2) is 4.98 Å². The highest BCUT2D eigenvalue weighted by Gasteiger charge is 2.27. The lowest BCUT2D eigenvalue weighted by molar-refractivity contribution is 0.0741. The van der Waals surface area contributed by atoms with Crippen LogP contribution in [0, 0.1) is 13.8 Å². The van der Waals surface area contributed by atoms with E-state index in [1.807, 2.05) is 44.1 Å². The molecule has 0 spiro atoms. The van der Waals surface area contributed by atoms with Crippen molar-refractivity contribution >= 4 is 5.91 Å². The Balaban J connectivity index is 1.97. The minimum Gasteiger partial charge on any atom is -0.331 e. The lowest BCUT2D eigenvalue weighted by atomic mass is 10.1. The van der Waals surface area contributed by atoms with Gasteiger partial charge in [-0.15, -0.1) is 0 Å². The summed E-state index contributed by atoms with van der Waals surface area (Å²) in [4.78, 5) is 19.5. The standard InChI is InChI=1S/C18H24N4O/c1-13-6-7-16-15(10-13)18(23)21(9-5-4-8-19-3)12-17-20-11-14(2)22(16)17/h6-7,10-11,19H,4-5,8-9,12H2,1-3H3. The fourth-order valence-electron chi connectivity index (χ4n) is 3.14. The van der Waals surface area contributed by atoms with E-state index in [9.17, 15) is 4.79 Å². The van der Waals surface area contributed by atoms with E-state index in [2.05, 4.69) is 20.9 Å². The number of hydrogen-bond acceptors (Lipinski definition) is 3. The van der Waals surface area contributed by atoms with Crippen molar-refractivity contribution in [2.45, 2.75) is 33.2 Å². The van der Waals surface area contributed by atoms with E-state index in [0.717, 1.165) is 54.3 Å². The van der Waals surface area contributed by atoms with Gasteiger partial charge in [0.25, 0.3) is 5.91 Å². The first-order valence-electron chi connectivity index (χ1n) is 8.20. The number of hydrogen-bond donors (Lipinski definition) is 1. The van der Waals surface area contributed by atoms with Crippen molar-refractivity contribution in [2.75, 3.05) is 20.1 Å². The monoisotopic (exact) mass is 312 g/mol. The van der Waals surface area contributed by atoms with E-state index >= 15 is 0 Å². The van der Waals surface area contributed by atoms with Crippen LogP contribution in [0.3, 0.4) is 0 Å². The molecule has 1 N–H and O–H groups in total. The second-order valence-corrected chi connectivity index (χ2v) is 6.21. The fraction of sp³-hybridized carbons (Fsp3) is 0.444. The third-order valence-electron chi connectivity index (χ3n) is 4.36. The smallest absolute Gasteiger partial charge is 0.256 e. The largest absolute Gasteiger partial charge is 0.331 e. The number of rotatable bonds is 5. The molecule has 1 aliphatic heterocycles. The average Bonchev–Trinajstić information content (AvgIpc) is 2.85. The van der Waals surface area contributed by atoms with Crippen LogP contribution in [0.2, 0.25) is 0 Å². The number of aromatic nitrogens is 2. The molecule has 0 radical (unpaired) electrons. The van der Waals surface area contributed by atoms with Crippen LogP contribution in [0.4, 0.5) is 0 Å². The maximum atomic E-state index is 13.0. The van der Waals surface area contributed by atoms with E-state index in [1.54, 1.807) is 0 Å². The first kappa shape index (κ1) is 15.7. The summed E-state index contributed by atoms with van der Waals surface area (Å²) >= 11 is 0. The van der Waals surface area contributed by atoms with E-state index in [0.29, 0.717) is 6.54 Å². The van der Waals surface area contributed by atoms with Crippen LogP contribution in [0.1, 0.15) is 40.3 Å². The lowest BCUT2D eigenvalue weighted by Gasteiger charge is -2.20. The predicted octanol–water partition coefficient (Wildman–Crippen LogP) is 2.44. The molecule has 2 heterocycles. The zero-order valence-corrected chi connectivity index (χ0v) is 14.1. The quantitative estimate of drug-likeness (QED) is 0.863. The number of amides is 1. The third kappa shape index (κ3) is 3.01. The normalized spacial score (nSPS) is 13.7. The highest BCUT2D eigenvalue weighted by atomic mass is 16.2. The molecular formula is C18H24N4O. The SMILES string of the molecule is CNCCCCN1Cc2ncc(C)n2-c2ccc(C)cc2C1=O. The van der Waals surface area contributed by atoms with Crippen LogP contribution < -0.4 is 5.32 Å². The van der Waals surface area contributed by atoms with Crippen LogP contribution in [0.5, 0.6) is 0 Å². The topological polar surface area (TPSA) is 50.2 Å². The Bertz CT molecular complexity index is 720. The van der Waals surface area contributed by atoms with Crippen molar-refractivity contribution < 1.29 is 4.79 Å². The van der Waals surface area contributed by atoms with Gasteiger partial charge < -0.3 is 10.2 Å². The second kappa shape index (κ2) is 6.54. The summed E-state index contributed by atoms with van der Waals surface area (Å²) in [6.45, 7) is 6.37. The van der Waals surface area contributed by atoms with Gasteiger partial charge in [0.2, 0.25) is 0 Å². The van der Waals surface area contributed by atoms with Crippen LogP contribution in [-0.2, 0) is 6.54 Å². The second-order valence-electron chi connectivity index (χ2n) is 6.21. The molecule has 5 heteroatoms. The summed E-state index contributed by atoms with van der Waals surface area (Å²) < 4.78 is 2.11. The third-order valence-corrected chi connectivity index (χ3v) is 4.36. The molecule has 0 fully saturated rings. The Kier molecular flexibility index (Phi) is 4.48. The summed E-state index contributed by atoms with van der Waals surface area (Å²) in [6, 6.07) is 6.08. The number of aryl methyl sites for hydroxylation is 2. The van der Waals surface area contributed by atoms with Crippen LogP contribution >= 0.6 is 0 Å². The average molecular weight is 312 g/mol. The molecule has 3 rings (SSSR count). The van der Waals surface area contributed by atoms with E-state index in [-0.39, 0.29) is 5.91 Å². The maximum Gasteiger partial charge on any atom is 0.256 e. The van der Waals surface area contributed by atoms with Crippen molar-refractivity contribution in [3.63, 3.8) is 0 Å². The Labute approximate surface area is 137 Å². The first-order chi connectivity index (χ1) is 11.1. The molecule has 0 unspecified atom stereocenters. The van der Waals surface area contributed by atoms with Gasteiger partial charge in [-0.1, -0.05) is 11.6 Å². The van der Waals surface area contributed by atoms with Crippen molar-refractivity contribution in [3.8, 4) is 5.69 Å². The number of carbonyl (C=O) groups is 1. The summed E-state index contributed by atoms with van der Waals surface area (Å²) in [5.41, 5.74) is 3.89. The minimum absolute atomic E-state index is 0.109. The van der Waals surface area contributed by atoms with Gasteiger partial charge in [-0.3, -0.25) is 9.36 Å². The fourth-order valence-corrected chi connectivity index (χ4v) is 3.14. The van der Waals surface area contributed by atoms with Gasteiger partial charge in [0, 0.05) is 18.4 Å². The minimum atomic E-state index is 0.109. The highest BCUT2D eigenvalue weighted by Crippen LogP contribution is 2.26. The summed E-state index contributed by atoms with van der Waals surface area (Å²) in [5, 5.41) is 3.15. The number of nitrogens with one attached hydrogen (secondary N) is 1. The van der Waals surface area contributed by atoms with E-state index in [4.69, 9.17) is 0 Å². The Morgan fingerprint density at radius 2 is 2.09 bits per heavy atom.